The summed E-state index contributed by atoms with van der Waals surface area (Å²) in [5.74, 6) is -0.437. The fraction of sp³-hybridized carbons (Fsp3) is 0.467. The summed E-state index contributed by atoms with van der Waals surface area (Å²) in [6, 6.07) is 7.07. The Bertz CT molecular complexity index is 675. The summed E-state index contributed by atoms with van der Waals surface area (Å²) in [5.41, 5.74) is 4.73. The molecule has 1 aliphatic rings. The van der Waals surface area contributed by atoms with Gasteiger partial charge in [-0.3, -0.25) is 9.10 Å². The van der Waals surface area contributed by atoms with Gasteiger partial charge in [-0.05, 0) is 44.2 Å². The van der Waals surface area contributed by atoms with Crippen LogP contribution in [0.2, 0.25) is 0 Å². The van der Waals surface area contributed by atoms with Crippen LogP contribution in [0.3, 0.4) is 0 Å². The zero-order valence-corrected chi connectivity index (χ0v) is 13.7. The maximum Gasteiger partial charge on any atom is 0.260 e. The molecule has 0 saturated heterocycles. The number of aryl methyl sites for hydroxylation is 1. The fourth-order valence-electron chi connectivity index (χ4n) is 2.43. The van der Waals surface area contributed by atoms with Crippen molar-refractivity contribution in [3.05, 3.63) is 29.8 Å². The lowest BCUT2D eigenvalue weighted by atomic mass is 10.2. The summed E-state index contributed by atoms with van der Waals surface area (Å²) in [5, 5.41) is 4.07. The van der Waals surface area contributed by atoms with Crippen molar-refractivity contribution in [2.24, 2.45) is 5.10 Å². The molecule has 1 amide bonds. The molecule has 0 bridgehead atoms. The van der Waals surface area contributed by atoms with Crippen molar-refractivity contribution in [3.8, 4) is 0 Å². The van der Waals surface area contributed by atoms with E-state index in [2.05, 4.69) is 10.5 Å². The molecule has 7 heteroatoms. The predicted octanol–water partition coefficient (Wildman–Crippen LogP) is 1.81. The lowest BCUT2D eigenvalue weighted by molar-refractivity contribution is -0.119. The maximum absolute atomic E-state index is 12.0. The molecule has 0 aromatic heterocycles. The van der Waals surface area contributed by atoms with E-state index >= 15 is 0 Å². The van der Waals surface area contributed by atoms with E-state index in [4.69, 9.17) is 0 Å². The van der Waals surface area contributed by atoms with E-state index < -0.39 is 15.9 Å². The van der Waals surface area contributed by atoms with E-state index in [9.17, 15) is 13.2 Å². The summed E-state index contributed by atoms with van der Waals surface area (Å²) >= 11 is 0. The molecular weight excluding hydrogens is 302 g/mol. The second kappa shape index (κ2) is 6.91. The smallest absolute Gasteiger partial charge is 0.260 e. The summed E-state index contributed by atoms with van der Waals surface area (Å²) in [4.78, 5) is 12.0. The zero-order valence-electron chi connectivity index (χ0n) is 12.9. The largest absolute Gasteiger partial charge is 0.271 e. The number of rotatable bonds is 5. The molecule has 22 heavy (non-hydrogen) atoms. The molecule has 0 unspecified atom stereocenters. The SMILES string of the molecule is Cc1ccccc1N(CC(=O)NN=C1CCCC1)S(C)(=O)=O. The van der Waals surface area contributed by atoms with Crippen LogP contribution in [0.15, 0.2) is 29.4 Å². The standard InChI is InChI=1S/C15H21N3O3S/c1-12-7-3-6-10-14(12)18(22(2,20)21)11-15(19)17-16-13-8-4-5-9-13/h3,6-7,10H,4-5,8-9,11H2,1-2H3,(H,17,19). The fourth-order valence-corrected chi connectivity index (χ4v) is 3.34. The first-order chi connectivity index (χ1) is 10.4. The topological polar surface area (TPSA) is 78.8 Å². The lowest BCUT2D eigenvalue weighted by Gasteiger charge is -2.23. The van der Waals surface area contributed by atoms with Gasteiger partial charge < -0.3 is 0 Å². The van der Waals surface area contributed by atoms with Gasteiger partial charge in [0.05, 0.1) is 11.9 Å². The van der Waals surface area contributed by atoms with Gasteiger partial charge in [-0.15, -0.1) is 0 Å². The average molecular weight is 323 g/mol. The van der Waals surface area contributed by atoms with Gasteiger partial charge in [0.2, 0.25) is 10.0 Å². The highest BCUT2D eigenvalue weighted by atomic mass is 32.2. The molecule has 0 heterocycles. The summed E-state index contributed by atoms with van der Waals surface area (Å²) in [6.45, 7) is 1.53. The van der Waals surface area contributed by atoms with E-state index in [0.717, 1.165) is 47.5 Å². The van der Waals surface area contributed by atoms with Gasteiger partial charge in [0, 0.05) is 5.71 Å². The monoisotopic (exact) mass is 323 g/mol. The van der Waals surface area contributed by atoms with Crippen LogP contribution in [-0.4, -0.2) is 32.8 Å². The Balaban J connectivity index is 2.12. The van der Waals surface area contributed by atoms with Gasteiger partial charge >= 0.3 is 0 Å². The molecule has 2 rings (SSSR count). The van der Waals surface area contributed by atoms with E-state index in [-0.39, 0.29) is 6.54 Å². The zero-order chi connectivity index (χ0) is 16.2. The first-order valence-corrected chi connectivity index (χ1v) is 9.10. The molecule has 1 aromatic carbocycles. The van der Waals surface area contributed by atoms with Crippen LogP contribution in [-0.2, 0) is 14.8 Å². The number of sulfonamides is 1. The number of carbonyl (C=O) groups is 1. The van der Waals surface area contributed by atoms with Gasteiger partial charge in [0.25, 0.3) is 5.91 Å². The van der Waals surface area contributed by atoms with Crippen molar-refractivity contribution in [2.75, 3.05) is 17.1 Å². The molecule has 0 radical (unpaired) electrons. The molecule has 0 atom stereocenters. The third-order valence-corrected chi connectivity index (χ3v) is 4.72. The molecule has 0 aliphatic heterocycles. The Morgan fingerprint density at radius 3 is 2.50 bits per heavy atom. The normalized spacial score (nSPS) is 14.7. The third kappa shape index (κ3) is 4.30. The maximum atomic E-state index is 12.0. The number of para-hydroxylation sites is 1. The van der Waals surface area contributed by atoms with E-state index in [1.54, 1.807) is 12.1 Å². The van der Waals surface area contributed by atoms with Crippen LogP contribution in [0.4, 0.5) is 5.69 Å². The number of carbonyl (C=O) groups excluding carboxylic acids is 1. The number of hydrogen-bond donors (Lipinski definition) is 1. The Hall–Kier alpha value is -1.89. The predicted molar refractivity (Wildman–Crippen MR) is 87.4 cm³/mol. The van der Waals surface area contributed by atoms with Gasteiger partial charge in [0.1, 0.15) is 6.54 Å². The highest BCUT2D eigenvalue weighted by Gasteiger charge is 2.22. The van der Waals surface area contributed by atoms with Crippen molar-refractivity contribution in [2.45, 2.75) is 32.6 Å². The van der Waals surface area contributed by atoms with E-state index in [0.29, 0.717) is 5.69 Å². The van der Waals surface area contributed by atoms with Crippen LogP contribution >= 0.6 is 0 Å². The second-order valence-electron chi connectivity index (χ2n) is 5.48. The van der Waals surface area contributed by atoms with Gasteiger partial charge in [-0.1, -0.05) is 18.2 Å². The number of hydrazone groups is 1. The van der Waals surface area contributed by atoms with Crippen molar-refractivity contribution in [1.82, 2.24) is 5.43 Å². The summed E-state index contributed by atoms with van der Waals surface area (Å²) in [6.07, 6.45) is 5.07. The van der Waals surface area contributed by atoms with E-state index in [1.165, 1.54) is 0 Å². The van der Waals surface area contributed by atoms with Crippen LogP contribution < -0.4 is 9.73 Å². The number of nitrogens with zero attached hydrogens (tertiary/aromatic N) is 2. The van der Waals surface area contributed by atoms with Crippen LogP contribution in [0.1, 0.15) is 31.2 Å². The molecule has 1 aliphatic carbocycles. The van der Waals surface area contributed by atoms with Crippen molar-refractivity contribution in [3.63, 3.8) is 0 Å². The minimum absolute atomic E-state index is 0.277. The molecule has 0 spiro atoms. The minimum atomic E-state index is -3.55. The molecule has 1 saturated carbocycles. The average Bonchev–Trinajstić information content (AvgIpc) is 2.95. The summed E-state index contributed by atoms with van der Waals surface area (Å²) in [7, 11) is -3.55. The van der Waals surface area contributed by atoms with Crippen molar-refractivity contribution >= 4 is 27.3 Å². The summed E-state index contributed by atoms with van der Waals surface area (Å²) < 4.78 is 25.1. The number of hydrogen-bond acceptors (Lipinski definition) is 4. The van der Waals surface area contributed by atoms with Crippen LogP contribution in [0.25, 0.3) is 0 Å². The number of anilines is 1. The molecule has 6 nitrogen and oxygen atoms in total. The Morgan fingerprint density at radius 1 is 1.27 bits per heavy atom. The minimum Gasteiger partial charge on any atom is -0.271 e. The van der Waals surface area contributed by atoms with Gasteiger partial charge in [-0.25, -0.2) is 13.8 Å². The number of amides is 1. The van der Waals surface area contributed by atoms with Gasteiger partial charge in [-0.2, -0.15) is 5.10 Å². The quantitative estimate of drug-likeness (QED) is 0.839. The highest BCUT2D eigenvalue weighted by molar-refractivity contribution is 7.92. The molecule has 1 aromatic rings. The highest BCUT2D eigenvalue weighted by Crippen LogP contribution is 2.21. The first kappa shape index (κ1) is 16.5. The van der Waals surface area contributed by atoms with Crippen LogP contribution in [0, 0.1) is 6.92 Å². The molecular formula is C15H21N3O3S. The second-order valence-corrected chi connectivity index (χ2v) is 7.38. The van der Waals surface area contributed by atoms with E-state index in [1.807, 2.05) is 19.1 Å². The van der Waals surface area contributed by atoms with Crippen molar-refractivity contribution < 1.29 is 13.2 Å². The first-order valence-electron chi connectivity index (χ1n) is 7.25. The number of benzene rings is 1. The van der Waals surface area contributed by atoms with Crippen molar-refractivity contribution in [1.29, 1.82) is 0 Å². The van der Waals surface area contributed by atoms with Crippen LogP contribution in [0.5, 0.6) is 0 Å². The Morgan fingerprint density at radius 2 is 1.91 bits per heavy atom. The lowest BCUT2D eigenvalue weighted by Crippen LogP contribution is -2.39. The molecule has 1 N–H and O–H groups in total. The molecule has 120 valence electrons. The number of nitrogens with one attached hydrogen (secondary N) is 1. The Labute approximate surface area is 131 Å². The third-order valence-electron chi connectivity index (χ3n) is 3.59. The Kier molecular flexibility index (Phi) is 5.18. The van der Waals surface area contributed by atoms with Gasteiger partial charge in [0.15, 0.2) is 0 Å². The molecule has 1 fully saturated rings.